The number of ether oxygens (including phenoxy) is 2. The van der Waals surface area contributed by atoms with Gasteiger partial charge < -0.3 is 19.7 Å². The molecule has 2 rings (SSSR count). The highest BCUT2D eigenvalue weighted by Crippen LogP contribution is 2.16. The van der Waals surface area contributed by atoms with Crippen molar-refractivity contribution < 1.29 is 19.1 Å². The molecular weight excluding hydrogens is 356 g/mol. The maximum atomic E-state index is 12.9. The van der Waals surface area contributed by atoms with Crippen molar-refractivity contribution in [1.82, 2.24) is 10.2 Å². The first-order valence-electron chi connectivity index (χ1n) is 9.34. The van der Waals surface area contributed by atoms with Gasteiger partial charge in [-0.2, -0.15) is 0 Å². The zero-order valence-electron chi connectivity index (χ0n) is 16.9. The molecule has 28 heavy (non-hydrogen) atoms. The number of nitrogens with zero attached hydrogens (tertiary/aromatic N) is 1. The van der Waals surface area contributed by atoms with Crippen LogP contribution in [0.3, 0.4) is 0 Å². The number of nitrogens with one attached hydrogen (secondary N) is 1. The monoisotopic (exact) mass is 384 g/mol. The number of carbonyl (C=O) groups is 2. The highest BCUT2D eigenvalue weighted by atomic mass is 16.5. The van der Waals surface area contributed by atoms with E-state index < -0.39 is 6.04 Å². The lowest BCUT2D eigenvalue weighted by Gasteiger charge is -2.28. The van der Waals surface area contributed by atoms with Gasteiger partial charge in [-0.05, 0) is 50.6 Å². The van der Waals surface area contributed by atoms with Crippen molar-refractivity contribution in [3.8, 4) is 11.5 Å². The Hall–Kier alpha value is -3.02. The first-order valence-corrected chi connectivity index (χ1v) is 9.34. The van der Waals surface area contributed by atoms with Crippen LogP contribution < -0.4 is 14.8 Å². The van der Waals surface area contributed by atoms with E-state index in [4.69, 9.17) is 9.47 Å². The third-order valence-corrected chi connectivity index (χ3v) is 4.41. The van der Waals surface area contributed by atoms with Crippen molar-refractivity contribution in [3.63, 3.8) is 0 Å². The molecular formula is C22H28N2O4. The molecule has 0 aliphatic rings. The smallest absolute Gasteiger partial charge is 0.261 e. The Labute approximate surface area is 166 Å². The molecule has 0 saturated carbocycles. The fourth-order valence-electron chi connectivity index (χ4n) is 2.69. The summed E-state index contributed by atoms with van der Waals surface area (Å²) in [5.41, 5.74) is 2.02. The van der Waals surface area contributed by atoms with Crippen LogP contribution in [-0.2, 0) is 16.1 Å². The summed E-state index contributed by atoms with van der Waals surface area (Å²) in [4.78, 5) is 26.7. The minimum absolute atomic E-state index is 0.136. The van der Waals surface area contributed by atoms with E-state index in [0.29, 0.717) is 18.8 Å². The summed E-state index contributed by atoms with van der Waals surface area (Å²) in [5.74, 6) is 0.907. The molecule has 0 heterocycles. The summed E-state index contributed by atoms with van der Waals surface area (Å²) in [6.45, 7) is 6.23. The van der Waals surface area contributed by atoms with Crippen LogP contribution in [0.15, 0.2) is 48.5 Å². The highest BCUT2D eigenvalue weighted by molar-refractivity contribution is 5.87. The normalized spacial score (nSPS) is 11.4. The van der Waals surface area contributed by atoms with Crippen LogP contribution in [0.4, 0.5) is 0 Å². The molecule has 6 heteroatoms. The average Bonchev–Trinajstić information content (AvgIpc) is 2.71. The van der Waals surface area contributed by atoms with E-state index in [-0.39, 0.29) is 18.4 Å². The van der Waals surface area contributed by atoms with Gasteiger partial charge in [-0.25, -0.2) is 0 Å². The van der Waals surface area contributed by atoms with E-state index in [1.54, 1.807) is 14.0 Å². The second-order valence-electron chi connectivity index (χ2n) is 6.54. The third kappa shape index (κ3) is 6.01. The van der Waals surface area contributed by atoms with Gasteiger partial charge in [-0.1, -0.05) is 29.8 Å². The summed E-state index contributed by atoms with van der Waals surface area (Å²) in [5, 5.41) is 2.77. The number of carbonyl (C=O) groups excluding carboxylic acids is 2. The van der Waals surface area contributed by atoms with Gasteiger partial charge in [0.25, 0.3) is 5.91 Å². The summed E-state index contributed by atoms with van der Waals surface area (Å²) >= 11 is 0. The second kappa shape index (κ2) is 10.3. The molecule has 2 aromatic rings. The van der Waals surface area contributed by atoms with Gasteiger partial charge in [-0.15, -0.1) is 0 Å². The molecule has 0 unspecified atom stereocenters. The fraction of sp³-hybridized carbons (Fsp3) is 0.364. The molecule has 0 aliphatic carbocycles. The van der Waals surface area contributed by atoms with Gasteiger partial charge in [0.05, 0.1) is 7.11 Å². The lowest BCUT2D eigenvalue weighted by Crippen LogP contribution is -2.49. The van der Waals surface area contributed by atoms with Crippen molar-refractivity contribution in [2.24, 2.45) is 0 Å². The van der Waals surface area contributed by atoms with Gasteiger partial charge in [0, 0.05) is 13.1 Å². The van der Waals surface area contributed by atoms with Crippen LogP contribution in [0.5, 0.6) is 11.5 Å². The molecule has 0 spiro atoms. The minimum atomic E-state index is -0.615. The van der Waals surface area contributed by atoms with Gasteiger partial charge in [0.2, 0.25) is 5.91 Å². The Morgan fingerprint density at radius 1 is 1.04 bits per heavy atom. The van der Waals surface area contributed by atoms with E-state index in [0.717, 1.165) is 16.9 Å². The number of rotatable bonds is 9. The summed E-state index contributed by atoms with van der Waals surface area (Å²) in [6, 6.07) is 14.3. The number of hydrogen-bond acceptors (Lipinski definition) is 4. The second-order valence-corrected chi connectivity index (χ2v) is 6.54. The van der Waals surface area contributed by atoms with E-state index in [1.807, 2.05) is 62.4 Å². The lowest BCUT2D eigenvalue weighted by molar-refractivity contribution is -0.142. The Morgan fingerprint density at radius 3 is 2.21 bits per heavy atom. The van der Waals surface area contributed by atoms with Crippen molar-refractivity contribution in [2.45, 2.75) is 33.4 Å². The Balaban J connectivity index is 2.11. The molecule has 1 atom stereocenters. The van der Waals surface area contributed by atoms with E-state index in [1.165, 1.54) is 4.90 Å². The van der Waals surface area contributed by atoms with E-state index in [2.05, 4.69) is 5.32 Å². The molecule has 0 aromatic heterocycles. The van der Waals surface area contributed by atoms with Crippen LogP contribution in [0.25, 0.3) is 0 Å². The number of methoxy groups -OCH3 is 1. The molecule has 2 amide bonds. The predicted molar refractivity (Wildman–Crippen MR) is 108 cm³/mol. The largest absolute Gasteiger partial charge is 0.497 e. The molecule has 0 aliphatic heterocycles. The Kier molecular flexibility index (Phi) is 7.87. The Morgan fingerprint density at radius 2 is 1.64 bits per heavy atom. The molecule has 0 fully saturated rings. The zero-order chi connectivity index (χ0) is 20.5. The van der Waals surface area contributed by atoms with Crippen molar-refractivity contribution in [1.29, 1.82) is 0 Å². The van der Waals surface area contributed by atoms with Crippen LogP contribution in [0.2, 0.25) is 0 Å². The molecule has 0 bridgehead atoms. The number of hydrogen-bond donors (Lipinski definition) is 1. The molecule has 150 valence electrons. The van der Waals surface area contributed by atoms with Crippen LogP contribution in [-0.4, -0.2) is 43.0 Å². The van der Waals surface area contributed by atoms with Crippen molar-refractivity contribution in [2.75, 3.05) is 20.3 Å². The number of amides is 2. The summed E-state index contributed by atoms with van der Waals surface area (Å²) in [7, 11) is 1.60. The summed E-state index contributed by atoms with van der Waals surface area (Å²) in [6.07, 6.45) is 0. The van der Waals surface area contributed by atoms with Gasteiger partial charge in [-0.3, -0.25) is 9.59 Å². The number of benzene rings is 2. The Bertz CT molecular complexity index is 772. The van der Waals surface area contributed by atoms with Gasteiger partial charge >= 0.3 is 0 Å². The van der Waals surface area contributed by atoms with E-state index in [9.17, 15) is 9.59 Å². The van der Waals surface area contributed by atoms with Crippen LogP contribution >= 0.6 is 0 Å². The topological polar surface area (TPSA) is 67.9 Å². The third-order valence-electron chi connectivity index (χ3n) is 4.41. The van der Waals surface area contributed by atoms with Crippen LogP contribution in [0, 0.1) is 6.92 Å². The van der Waals surface area contributed by atoms with Crippen molar-refractivity contribution >= 4 is 11.8 Å². The molecule has 6 nitrogen and oxygen atoms in total. The first kappa shape index (κ1) is 21.3. The minimum Gasteiger partial charge on any atom is -0.497 e. The fourth-order valence-corrected chi connectivity index (χ4v) is 2.69. The highest BCUT2D eigenvalue weighted by Gasteiger charge is 2.26. The molecule has 0 saturated heterocycles. The standard InChI is InChI=1S/C22H28N2O4/c1-5-23-22(26)17(3)24(14-18-8-12-19(27-4)13-9-18)21(25)15-28-20-10-6-16(2)7-11-20/h6-13,17H,5,14-15H2,1-4H3,(H,23,26)/t17-/m0/s1. The van der Waals surface area contributed by atoms with Gasteiger partial charge in [0.15, 0.2) is 6.61 Å². The zero-order valence-corrected chi connectivity index (χ0v) is 16.9. The summed E-state index contributed by atoms with van der Waals surface area (Å²) < 4.78 is 10.8. The average molecular weight is 384 g/mol. The quantitative estimate of drug-likeness (QED) is 0.722. The number of aryl methyl sites for hydroxylation is 1. The first-order chi connectivity index (χ1) is 13.4. The van der Waals surface area contributed by atoms with Crippen molar-refractivity contribution in [3.05, 3.63) is 59.7 Å². The molecule has 1 N–H and O–H groups in total. The maximum Gasteiger partial charge on any atom is 0.261 e. The molecule has 2 aromatic carbocycles. The lowest BCUT2D eigenvalue weighted by atomic mass is 10.1. The van der Waals surface area contributed by atoms with E-state index >= 15 is 0 Å². The SMILES string of the molecule is CCNC(=O)[C@H](C)N(Cc1ccc(OC)cc1)C(=O)COc1ccc(C)cc1. The van der Waals surface area contributed by atoms with Gasteiger partial charge in [0.1, 0.15) is 17.5 Å². The maximum absolute atomic E-state index is 12.9. The van der Waals surface area contributed by atoms with Crippen LogP contribution in [0.1, 0.15) is 25.0 Å². The number of likely N-dealkylation sites (N-methyl/N-ethyl adjacent to an activating group) is 1. The molecule has 0 radical (unpaired) electrons. The predicted octanol–water partition coefficient (Wildman–Crippen LogP) is 2.94.